The van der Waals surface area contributed by atoms with Gasteiger partial charge in [-0.05, 0) is 11.4 Å². The Hall–Kier alpha value is -0.870. The average Bonchev–Trinajstić information content (AvgIpc) is 2.33. The molecule has 0 aliphatic carbocycles. The van der Waals surface area contributed by atoms with Gasteiger partial charge in [0.15, 0.2) is 5.78 Å². The molecule has 0 saturated carbocycles. The Balaban J connectivity index is 2.78. The van der Waals surface area contributed by atoms with Crippen LogP contribution < -0.4 is 0 Å². The fraction of sp³-hybridized carbons (Fsp3) is 0.143. The number of Topliss-reactive ketones (excluding diaryl/α,β-unsaturated/α-hetero) is 1. The Morgan fingerprint density at radius 3 is 2.67 bits per heavy atom. The first-order valence-electron chi connectivity index (χ1n) is 3.09. The molecule has 0 amide bonds. The predicted molar refractivity (Wildman–Crippen MR) is 45.9 cm³/mol. The minimum atomic E-state index is -1.13. The number of carbonyl (C=O) groups is 2. The van der Waals surface area contributed by atoms with Gasteiger partial charge in [-0.2, -0.15) is 0 Å². The normalized spacial score (nSPS) is 9.75. The van der Waals surface area contributed by atoms with E-state index in [4.69, 9.17) is 16.7 Å². The summed E-state index contributed by atoms with van der Waals surface area (Å²) in [5.41, 5.74) is 0. The number of rotatable bonds is 3. The van der Waals surface area contributed by atoms with E-state index in [9.17, 15) is 9.59 Å². The van der Waals surface area contributed by atoms with Crippen LogP contribution in [0, 0.1) is 0 Å². The number of ketones is 1. The van der Waals surface area contributed by atoms with E-state index in [1.165, 1.54) is 0 Å². The summed E-state index contributed by atoms with van der Waals surface area (Å²) in [4.78, 5) is 21.6. The van der Waals surface area contributed by atoms with E-state index in [1.54, 1.807) is 11.4 Å². The molecule has 5 heteroatoms. The van der Waals surface area contributed by atoms with Crippen LogP contribution in [0.1, 0.15) is 16.1 Å². The summed E-state index contributed by atoms with van der Waals surface area (Å²) in [5.74, 6) is -1.58. The number of carboxylic acids is 1. The lowest BCUT2D eigenvalue weighted by molar-refractivity contribution is -0.135. The summed E-state index contributed by atoms with van der Waals surface area (Å²) in [6.07, 6.45) is -0.500. The van der Waals surface area contributed by atoms with Crippen LogP contribution in [0.15, 0.2) is 11.4 Å². The third-order valence-electron chi connectivity index (χ3n) is 1.18. The van der Waals surface area contributed by atoms with Crippen LogP contribution in [0.2, 0.25) is 5.02 Å². The summed E-state index contributed by atoms with van der Waals surface area (Å²) >= 11 is 6.77. The fourth-order valence-electron chi connectivity index (χ4n) is 0.710. The zero-order valence-corrected chi connectivity index (χ0v) is 7.48. The van der Waals surface area contributed by atoms with Crippen molar-refractivity contribution in [3.63, 3.8) is 0 Å². The molecule has 1 aromatic rings. The molecule has 0 radical (unpaired) electrons. The van der Waals surface area contributed by atoms with E-state index in [-0.39, 0.29) is 0 Å². The van der Waals surface area contributed by atoms with Crippen LogP contribution >= 0.6 is 22.9 Å². The van der Waals surface area contributed by atoms with Crippen molar-refractivity contribution < 1.29 is 14.7 Å². The van der Waals surface area contributed by atoms with Crippen LogP contribution in [0.4, 0.5) is 0 Å². The maximum Gasteiger partial charge on any atom is 0.311 e. The topological polar surface area (TPSA) is 54.4 Å². The Labute approximate surface area is 77.6 Å². The molecule has 0 fully saturated rings. The van der Waals surface area contributed by atoms with Gasteiger partial charge < -0.3 is 5.11 Å². The second-order valence-electron chi connectivity index (χ2n) is 2.09. The first-order chi connectivity index (χ1) is 5.61. The van der Waals surface area contributed by atoms with E-state index in [1.807, 2.05) is 0 Å². The molecule has 0 bridgehead atoms. The first-order valence-corrected chi connectivity index (χ1v) is 4.35. The van der Waals surface area contributed by atoms with Crippen molar-refractivity contribution in [2.24, 2.45) is 0 Å². The molecule has 64 valence electrons. The highest BCUT2D eigenvalue weighted by atomic mass is 35.5. The van der Waals surface area contributed by atoms with Crippen molar-refractivity contribution in [1.29, 1.82) is 0 Å². The molecule has 3 nitrogen and oxygen atoms in total. The molecule has 0 saturated heterocycles. The summed E-state index contributed by atoms with van der Waals surface area (Å²) in [6.45, 7) is 0. The number of hydrogen-bond donors (Lipinski definition) is 1. The number of thiophene rings is 1. The molecule has 1 rings (SSSR count). The maximum atomic E-state index is 11.1. The monoisotopic (exact) mass is 204 g/mol. The van der Waals surface area contributed by atoms with Gasteiger partial charge in [0.25, 0.3) is 0 Å². The highest BCUT2D eigenvalue weighted by Gasteiger charge is 2.14. The van der Waals surface area contributed by atoms with Gasteiger partial charge in [-0.15, -0.1) is 11.3 Å². The second kappa shape index (κ2) is 3.69. The molecular weight excluding hydrogens is 200 g/mol. The number of hydrogen-bond acceptors (Lipinski definition) is 3. The van der Waals surface area contributed by atoms with Crippen LogP contribution in [-0.2, 0) is 4.79 Å². The second-order valence-corrected chi connectivity index (χ2v) is 3.41. The van der Waals surface area contributed by atoms with Crippen molar-refractivity contribution in [1.82, 2.24) is 0 Å². The molecule has 0 spiro atoms. The molecule has 12 heavy (non-hydrogen) atoms. The summed E-state index contributed by atoms with van der Waals surface area (Å²) in [5, 5.41) is 10.3. The Bertz CT molecular complexity index is 318. The first kappa shape index (κ1) is 9.22. The van der Waals surface area contributed by atoms with Gasteiger partial charge in [-0.3, -0.25) is 9.59 Å². The van der Waals surface area contributed by atoms with E-state index < -0.39 is 18.2 Å². The van der Waals surface area contributed by atoms with Crippen molar-refractivity contribution in [2.75, 3.05) is 0 Å². The van der Waals surface area contributed by atoms with Gasteiger partial charge in [0.05, 0.1) is 9.90 Å². The maximum absolute atomic E-state index is 11.1. The summed E-state index contributed by atoms with van der Waals surface area (Å²) < 4.78 is 0. The van der Waals surface area contributed by atoms with E-state index in [2.05, 4.69) is 0 Å². The van der Waals surface area contributed by atoms with Gasteiger partial charge in [0.1, 0.15) is 6.42 Å². The molecule has 1 N–H and O–H groups in total. The van der Waals surface area contributed by atoms with Crippen LogP contribution in [-0.4, -0.2) is 16.9 Å². The minimum Gasteiger partial charge on any atom is -0.481 e. The lowest BCUT2D eigenvalue weighted by Gasteiger charge is -1.92. The Kier molecular flexibility index (Phi) is 2.83. The lowest BCUT2D eigenvalue weighted by atomic mass is 10.2. The van der Waals surface area contributed by atoms with Crippen molar-refractivity contribution in [3.8, 4) is 0 Å². The van der Waals surface area contributed by atoms with Crippen LogP contribution in [0.5, 0.6) is 0 Å². The van der Waals surface area contributed by atoms with Gasteiger partial charge in [-0.25, -0.2) is 0 Å². The molecule has 0 aliphatic rings. The van der Waals surface area contributed by atoms with Gasteiger partial charge in [0, 0.05) is 0 Å². The average molecular weight is 205 g/mol. The predicted octanol–water partition coefficient (Wildman–Crippen LogP) is 2.06. The highest BCUT2D eigenvalue weighted by Crippen LogP contribution is 2.23. The van der Waals surface area contributed by atoms with Crippen LogP contribution in [0.3, 0.4) is 0 Å². The fourth-order valence-corrected chi connectivity index (χ4v) is 1.81. The van der Waals surface area contributed by atoms with Crippen molar-refractivity contribution in [2.45, 2.75) is 6.42 Å². The SMILES string of the molecule is O=C(O)CC(=O)c1sccc1Cl. The zero-order valence-electron chi connectivity index (χ0n) is 5.91. The zero-order chi connectivity index (χ0) is 9.14. The largest absolute Gasteiger partial charge is 0.481 e. The van der Waals surface area contributed by atoms with Crippen molar-refractivity contribution >= 4 is 34.7 Å². The number of aliphatic carboxylic acids is 1. The quantitative estimate of drug-likeness (QED) is 0.606. The third kappa shape index (κ3) is 2.06. The molecule has 0 atom stereocenters. The summed E-state index contributed by atoms with van der Waals surface area (Å²) in [6, 6.07) is 1.57. The van der Waals surface area contributed by atoms with E-state index >= 15 is 0 Å². The summed E-state index contributed by atoms with van der Waals surface area (Å²) in [7, 11) is 0. The number of carboxylic acid groups (broad SMARTS) is 1. The lowest BCUT2D eigenvalue weighted by Crippen LogP contribution is -2.05. The van der Waals surface area contributed by atoms with Gasteiger partial charge in [-0.1, -0.05) is 11.6 Å². The molecule has 1 aromatic heterocycles. The van der Waals surface area contributed by atoms with Gasteiger partial charge >= 0.3 is 5.97 Å². The number of carbonyl (C=O) groups excluding carboxylic acids is 1. The van der Waals surface area contributed by atoms with Crippen LogP contribution in [0.25, 0.3) is 0 Å². The standard InChI is InChI=1S/C7H5ClO3S/c8-4-1-2-12-7(4)5(9)3-6(10)11/h1-2H,3H2,(H,10,11). The Morgan fingerprint density at radius 1 is 1.58 bits per heavy atom. The minimum absolute atomic E-state index is 0.319. The third-order valence-corrected chi connectivity index (χ3v) is 2.56. The van der Waals surface area contributed by atoms with E-state index in [0.29, 0.717) is 9.90 Å². The van der Waals surface area contributed by atoms with Crippen molar-refractivity contribution in [3.05, 3.63) is 21.3 Å². The smallest absolute Gasteiger partial charge is 0.311 e. The highest BCUT2D eigenvalue weighted by molar-refractivity contribution is 7.12. The molecule has 0 unspecified atom stereocenters. The molecule has 1 heterocycles. The molecular formula is C7H5ClO3S. The Morgan fingerprint density at radius 2 is 2.25 bits per heavy atom. The van der Waals surface area contributed by atoms with Gasteiger partial charge in [0.2, 0.25) is 0 Å². The number of halogens is 1. The van der Waals surface area contributed by atoms with E-state index in [0.717, 1.165) is 11.3 Å². The molecule has 0 aromatic carbocycles. The molecule has 0 aliphatic heterocycles.